The first-order valence-electron chi connectivity index (χ1n) is 8.70. The summed E-state index contributed by atoms with van der Waals surface area (Å²) in [6.45, 7) is 2.66. The number of benzene rings is 1. The second kappa shape index (κ2) is 7.25. The molecule has 0 spiro atoms. The lowest BCUT2D eigenvalue weighted by Gasteiger charge is -2.24. The predicted molar refractivity (Wildman–Crippen MR) is 104 cm³/mol. The van der Waals surface area contributed by atoms with Crippen LogP contribution in [-0.4, -0.2) is 27.4 Å². The third kappa shape index (κ3) is 3.46. The summed E-state index contributed by atoms with van der Waals surface area (Å²) in [7, 11) is 0. The predicted octanol–water partition coefficient (Wildman–Crippen LogP) is 4.88. The van der Waals surface area contributed by atoms with E-state index in [-0.39, 0.29) is 12.1 Å². The molecular weight excluding hydrogens is 344 g/mol. The molecule has 1 aliphatic rings. The summed E-state index contributed by atoms with van der Waals surface area (Å²) >= 11 is 1.67. The number of nitrogens with zero attached hydrogens (tertiary/aromatic N) is 3. The maximum absolute atomic E-state index is 12.8. The minimum absolute atomic E-state index is 0.0466. The van der Waals surface area contributed by atoms with E-state index in [4.69, 9.17) is 0 Å². The monoisotopic (exact) mass is 364 g/mol. The van der Waals surface area contributed by atoms with Crippen LogP contribution in [0.4, 0.5) is 10.5 Å². The number of likely N-dealkylation sites (tertiary alicyclic amines) is 1. The average molecular weight is 364 g/mol. The van der Waals surface area contributed by atoms with E-state index < -0.39 is 0 Å². The third-order valence-electron chi connectivity index (χ3n) is 4.63. The van der Waals surface area contributed by atoms with Crippen LogP contribution in [0.15, 0.2) is 53.4 Å². The summed E-state index contributed by atoms with van der Waals surface area (Å²) in [5.74, 6) is 0.729. The van der Waals surface area contributed by atoms with Gasteiger partial charge in [0.1, 0.15) is 5.82 Å². The van der Waals surface area contributed by atoms with Gasteiger partial charge in [-0.1, -0.05) is 12.1 Å². The lowest BCUT2D eigenvalue weighted by molar-refractivity contribution is 0.207. The van der Waals surface area contributed by atoms with Gasteiger partial charge in [-0.25, -0.2) is 14.8 Å². The molecule has 2 amide bonds. The van der Waals surface area contributed by atoms with Crippen molar-refractivity contribution in [3.05, 3.63) is 64.7 Å². The van der Waals surface area contributed by atoms with Crippen molar-refractivity contribution in [2.75, 3.05) is 11.9 Å². The van der Waals surface area contributed by atoms with Gasteiger partial charge in [0.05, 0.1) is 11.7 Å². The summed E-state index contributed by atoms with van der Waals surface area (Å²) in [6, 6.07) is 11.9. The van der Waals surface area contributed by atoms with Crippen LogP contribution in [0.3, 0.4) is 0 Å². The molecular formula is C20H20N4OS. The lowest BCUT2D eigenvalue weighted by Crippen LogP contribution is -2.34. The molecule has 3 heterocycles. The molecule has 26 heavy (non-hydrogen) atoms. The fraction of sp³-hybridized carbons (Fsp3) is 0.250. The SMILES string of the molecule is Cc1nccc(-c2cccc(NC(=O)N3CCCC3c3ccsc3)c2)n1. The van der Waals surface area contributed by atoms with Gasteiger partial charge < -0.3 is 10.2 Å². The average Bonchev–Trinajstić information content (AvgIpc) is 3.33. The highest BCUT2D eigenvalue weighted by Gasteiger charge is 2.30. The van der Waals surface area contributed by atoms with E-state index in [2.05, 4.69) is 32.1 Å². The fourth-order valence-corrected chi connectivity index (χ4v) is 4.10. The molecule has 132 valence electrons. The van der Waals surface area contributed by atoms with E-state index in [0.717, 1.165) is 42.2 Å². The Kier molecular flexibility index (Phi) is 4.67. The Balaban J connectivity index is 1.52. The minimum Gasteiger partial charge on any atom is -0.317 e. The van der Waals surface area contributed by atoms with Crippen molar-refractivity contribution in [2.45, 2.75) is 25.8 Å². The molecule has 3 aromatic rings. The molecule has 1 N–H and O–H groups in total. The summed E-state index contributed by atoms with van der Waals surface area (Å²) < 4.78 is 0. The Morgan fingerprint density at radius 3 is 3.04 bits per heavy atom. The van der Waals surface area contributed by atoms with E-state index in [1.165, 1.54) is 5.56 Å². The van der Waals surface area contributed by atoms with Crippen LogP contribution in [0.1, 0.15) is 30.3 Å². The number of amides is 2. The van der Waals surface area contributed by atoms with Crippen molar-refractivity contribution >= 4 is 23.1 Å². The van der Waals surface area contributed by atoms with Crippen LogP contribution >= 0.6 is 11.3 Å². The number of aryl methyl sites for hydroxylation is 1. The van der Waals surface area contributed by atoms with Crippen molar-refractivity contribution in [2.24, 2.45) is 0 Å². The van der Waals surface area contributed by atoms with Crippen LogP contribution in [-0.2, 0) is 0 Å². The molecule has 0 radical (unpaired) electrons. The number of urea groups is 1. The minimum atomic E-state index is -0.0466. The molecule has 0 saturated carbocycles. The van der Waals surface area contributed by atoms with Crippen LogP contribution in [0.2, 0.25) is 0 Å². The Morgan fingerprint density at radius 2 is 2.23 bits per heavy atom. The van der Waals surface area contributed by atoms with Crippen LogP contribution < -0.4 is 5.32 Å². The number of hydrogen-bond donors (Lipinski definition) is 1. The highest BCUT2D eigenvalue weighted by Crippen LogP contribution is 2.33. The standard InChI is InChI=1S/C20H20N4OS/c1-14-21-9-7-18(22-14)15-4-2-5-17(12-15)23-20(25)24-10-3-6-19(24)16-8-11-26-13-16/h2,4-5,7-9,11-13,19H,3,6,10H2,1H3,(H,23,25). The molecule has 1 aliphatic heterocycles. The highest BCUT2D eigenvalue weighted by molar-refractivity contribution is 7.08. The Hall–Kier alpha value is -2.73. The normalized spacial score (nSPS) is 16.7. The van der Waals surface area contributed by atoms with Crippen molar-refractivity contribution in [3.63, 3.8) is 0 Å². The lowest BCUT2D eigenvalue weighted by atomic mass is 10.1. The van der Waals surface area contributed by atoms with Gasteiger partial charge in [-0.05, 0) is 60.4 Å². The third-order valence-corrected chi connectivity index (χ3v) is 5.33. The zero-order valence-electron chi connectivity index (χ0n) is 14.6. The molecule has 2 aromatic heterocycles. The summed E-state index contributed by atoms with van der Waals surface area (Å²) in [6.07, 6.45) is 3.80. The summed E-state index contributed by atoms with van der Waals surface area (Å²) in [4.78, 5) is 23.3. The number of carbonyl (C=O) groups is 1. The first-order chi connectivity index (χ1) is 12.7. The van der Waals surface area contributed by atoms with E-state index in [9.17, 15) is 4.79 Å². The number of aromatic nitrogens is 2. The van der Waals surface area contributed by atoms with Crippen LogP contribution in [0, 0.1) is 6.92 Å². The molecule has 0 aliphatic carbocycles. The van der Waals surface area contributed by atoms with Crippen molar-refractivity contribution in [1.82, 2.24) is 14.9 Å². The summed E-state index contributed by atoms with van der Waals surface area (Å²) in [5.41, 5.74) is 3.82. The second-order valence-corrected chi connectivity index (χ2v) is 7.19. The number of anilines is 1. The molecule has 1 unspecified atom stereocenters. The molecule has 1 aromatic carbocycles. The topological polar surface area (TPSA) is 58.1 Å². The first-order valence-corrected chi connectivity index (χ1v) is 9.65. The number of hydrogen-bond acceptors (Lipinski definition) is 4. The molecule has 5 nitrogen and oxygen atoms in total. The number of rotatable bonds is 3. The Labute approximate surface area is 156 Å². The summed E-state index contributed by atoms with van der Waals surface area (Å²) in [5, 5.41) is 7.25. The van der Waals surface area contributed by atoms with Gasteiger partial charge in [-0.2, -0.15) is 11.3 Å². The van der Waals surface area contributed by atoms with Gasteiger partial charge in [0.25, 0.3) is 0 Å². The zero-order valence-corrected chi connectivity index (χ0v) is 15.4. The highest BCUT2D eigenvalue weighted by atomic mass is 32.1. The van der Waals surface area contributed by atoms with Gasteiger partial charge >= 0.3 is 6.03 Å². The van der Waals surface area contributed by atoms with E-state index in [1.807, 2.05) is 42.2 Å². The number of carbonyl (C=O) groups excluding carboxylic acids is 1. The van der Waals surface area contributed by atoms with Crippen LogP contribution in [0.5, 0.6) is 0 Å². The molecule has 0 bridgehead atoms. The van der Waals surface area contributed by atoms with E-state index in [1.54, 1.807) is 17.5 Å². The number of thiophene rings is 1. The molecule has 1 fully saturated rings. The van der Waals surface area contributed by atoms with Crippen LogP contribution in [0.25, 0.3) is 11.3 Å². The van der Waals surface area contributed by atoms with Crippen molar-refractivity contribution < 1.29 is 4.79 Å². The maximum atomic E-state index is 12.8. The quantitative estimate of drug-likeness (QED) is 0.720. The zero-order chi connectivity index (χ0) is 17.9. The van der Waals surface area contributed by atoms with E-state index in [0.29, 0.717) is 0 Å². The Bertz CT molecular complexity index is 910. The largest absolute Gasteiger partial charge is 0.322 e. The molecule has 6 heteroatoms. The maximum Gasteiger partial charge on any atom is 0.322 e. The van der Waals surface area contributed by atoms with E-state index >= 15 is 0 Å². The Morgan fingerprint density at radius 1 is 1.31 bits per heavy atom. The van der Waals surface area contributed by atoms with Gasteiger partial charge in [-0.15, -0.1) is 0 Å². The molecule has 1 atom stereocenters. The molecule has 4 rings (SSSR count). The first kappa shape index (κ1) is 16.7. The smallest absolute Gasteiger partial charge is 0.317 e. The van der Waals surface area contributed by atoms with Gasteiger partial charge in [0.15, 0.2) is 0 Å². The van der Waals surface area contributed by atoms with Crippen molar-refractivity contribution in [1.29, 1.82) is 0 Å². The van der Waals surface area contributed by atoms with Gasteiger partial charge in [0.2, 0.25) is 0 Å². The van der Waals surface area contributed by atoms with Gasteiger partial charge in [0, 0.05) is 24.0 Å². The van der Waals surface area contributed by atoms with Crippen molar-refractivity contribution in [3.8, 4) is 11.3 Å². The number of nitrogens with one attached hydrogen (secondary N) is 1. The second-order valence-electron chi connectivity index (χ2n) is 6.41. The van der Waals surface area contributed by atoms with Gasteiger partial charge in [-0.3, -0.25) is 0 Å². The molecule has 1 saturated heterocycles. The fourth-order valence-electron chi connectivity index (χ4n) is 3.39.